The number of ether oxygens (including phenoxy) is 1. The molecule has 0 aliphatic heterocycles. The second kappa shape index (κ2) is 6.20. The Morgan fingerprint density at radius 1 is 1.26 bits per heavy atom. The molecule has 1 unspecified atom stereocenters. The molecule has 2 N–H and O–H groups in total. The molecule has 0 fully saturated rings. The fraction of sp³-hybridized carbons (Fsp3) is 0.267. The van der Waals surface area contributed by atoms with Crippen molar-refractivity contribution in [1.29, 1.82) is 0 Å². The van der Waals surface area contributed by atoms with E-state index >= 15 is 0 Å². The van der Waals surface area contributed by atoms with Crippen LogP contribution in [0.25, 0.3) is 0 Å². The van der Waals surface area contributed by atoms with Crippen molar-refractivity contribution in [2.45, 2.75) is 19.6 Å². The van der Waals surface area contributed by atoms with Crippen molar-refractivity contribution in [3.05, 3.63) is 53.7 Å². The summed E-state index contributed by atoms with van der Waals surface area (Å²) in [4.78, 5) is 4.16. The third-order valence-corrected chi connectivity index (χ3v) is 2.90. The number of aliphatic hydroxyl groups is 1. The van der Waals surface area contributed by atoms with Crippen LogP contribution >= 0.6 is 0 Å². The standard InChI is InChI=1S/C15H18N2O2/c1-11(18)13-5-3-4-6-14(13)16-9-12-7-8-15(19-2)17-10-12/h3-8,10-11,16,18H,9H2,1-2H3. The topological polar surface area (TPSA) is 54.4 Å². The number of benzene rings is 1. The first-order valence-electron chi connectivity index (χ1n) is 6.20. The number of hydrogen-bond acceptors (Lipinski definition) is 4. The summed E-state index contributed by atoms with van der Waals surface area (Å²) >= 11 is 0. The van der Waals surface area contributed by atoms with E-state index in [-0.39, 0.29) is 0 Å². The highest BCUT2D eigenvalue weighted by molar-refractivity contribution is 5.52. The predicted octanol–water partition coefficient (Wildman–Crippen LogP) is 2.76. The van der Waals surface area contributed by atoms with Crippen LogP contribution < -0.4 is 10.1 Å². The van der Waals surface area contributed by atoms with Crippen LogP contribution in [0.1, 0.15) is 24.2 Å². The van der Waals surface area contributed by atoms with Crippen LogP contribution in [0.5, 0.6) is 5.88 Å². The predicted molar refractivity (Wildman–Crippen MR) is 75.2 cm³/mol. The SMILES string of the molecule is COc1ccc(CNc2ccccc2C(C)O)cn1. The van der Waals surface area contributed by atoms with Crippen LogP contribution in [-0.4, -0.2) is 17.2 Å². The summed E-state index contributed by atoms with van der Waals surface area (Å²) in [5.74, 6) is 0.605. The van der Waals surface area contributed by atoms with Crippen molar-refractivity contribution < 1.29 is 9.84 Å². The van der Waals surface area contributed by atoms with Crippen molar-refractivity contribution in [3.63, 3.8) is 0 Å². The lowest BCUT2D eigenvalue weighted by molar-refractivity contribution is 0.200. The molecule has 0 aliphatic rings. The van der Waals surface area contributed by atoms with E-state index in [1.54, 1.807) is 20.2 Å². The maximum absolute atomic E-state index is 9.70. The number of pyridine rings is 1. The second-order valence-electron chi connectivity index (χ2n) is 4.33. The summed E-state index contributed by atoms with van der Waals surface area (Å²) in [6, 6.07) is 11.5. The van der Waals surface area contributed by atoms with E-state index < -0.39 is 6.10 Å². The van der Waals surface area contributed by atoms with E-state index in [0.29, 0.717) is 12.4 Å². The highest BCUT2D eigenvalue weighted by Crippen LogP contribution is 2.22. The lowest BCUT2D eigenvalue weighted by Crippen LogP contribution is -2.04. The fourth-order valence-electron chi connectivity index (χ4n) is 1.86. The number of rotatable bonds is 5. The molecule has 1 aromatic heterocycles. The van der Waals surface area contributed by atoms with Crippen LogP contribution in [0.3, 0.4) is 0 Å². The van der Waals surface area contributed by atoms with Gasteiger partial charge in [-0.05, 0) is 18.6 Å². The van der Waals surface area contributed by atoms with Gasteiger partial charge in [0.2, 0.25) is 5.88 Å². The smallest absolute Gasteiger partial charge is 0.212 e. The van der Waals surface area contributed by atoms with Crippen molar-refractivity contribution >= 4 is 5.69 Å². The third-order valence-electron chi connectivity index (χ3n) is 2.90. The van der Waals surface area contributed by atoms with Gasteiger partial charge < -0.3 is 15.2 Å². The zero-order valence-electron chi connectivity index (χ0n) is 11.1. The molecule has 0 spiro atoms. The Morgan fingerprint density at radius 3 is 2.68 bits per heavy atom. The minimum Gasteiger partial charge on any atom is -0.481 e. The van der Waals surface area contributed by atoms with E-state index in [1.807, 2.05) is 36.4 Å². The lowest BCUT2D eigenvalue weighted by atomic mass is 10.1. The molecule has 0 radical (unpaired) electrons. The van der Waals surface area contributed by atoms with Gasteiger partial charge in [0, 0.05) is 30.1 Å². The Kier molecular flexibility index (Phi) is 4.36. The first-order chi connectivity index (χ1) is 9.20. The van der Waals surface area contributed by atoms with Crippen LogP contribution in [-0.2, 0) is 6.54 Å². The molecule has 1 heterocycles. The van der Waals surface area contributed by atoms with Crippen molar-refractivity contribution in [2.24, 2.45) is 0 Å². The number of aromatic nitrogens is 1. The van der Waals surface area contributed by atoms with Gasteiger partial charge in [-0.15, -0.1) is 0 Å². The molecular weight excluding hydrogens is 240 g/mol. The fourth-order valence-corrected chi connectivity index (χ4v) is 1.86. The van der Waals surface area contributed by atoms with E-state index in [1.165, 1.54) is 0 Å². The number of nitrogens with one attached hydrogen (secondary N) is 1. The van der Waals surface area contributed by atoms with Gasteiger partial charge >= 0.3 is 0 Å². The minimum atomic E-state index is -0.488. The first-order valence-corrected chi connectivity index (χ1v) is 6.20. The highest BCUT2D eigenvalue weighted by Gasteiger charge is 2.06. The molecule has 19 heavy (non-hydrogen) atoms. The van der Waals surface area contributed by atoms with E-state index in [9.17, 15) is 5.11 Å². The summed E-state index contributed by atoms with van der Waals surface area (Å²) in [6.45, 7) is 2.41. The van der Waals surface area contributed by atoms with Gasteiger partial charge in [-0.2, -0.15) is 0 Å². The zero-order chi connectivity index (χ0) is 13.7. The summed E-state index contributed by atoms with van der Waals surface area (Å²) in [5.41, 5.74) is 2.89. The van der Waals surface area contributed by atoms with Gasteiger partial charge in [-0.3, -0.25) is 0 Å². The van der Waals surface area contributed by atoms with E-state index in [2.05, 4.69) is 10.3 Å². The maximum atomic E-state index is 9.70. The number of hydrogen-bond donors (Lipinski definition) is 2. The third kappa shape index (κ3) is 3.45. The molecule has 100 valence electrons. The van der Waals surface area contributed by atoms with Gasteiger partial charge in [0.05, 0.1) is 13.2 Å². The Hall–Kier alpha value is -2.07. The number of nitrogens with zero attached hydrogens (tertiary/aromatic N) is 1. The molecule has 0 saturated carbocycles. The number of methoxy groups -OCH3 is 1. The van der Waals surface area contributed by atoms with E-state index in [4.69, 9.17) is 4.74 Å². The zero-order valence-corrected chi connectivity index (χ0v) is 11.1. The van der Waals surface area contributed by atoms with Crippen LogP contribution in [0.2, 0.25) is 0 Å². The molecule has 4 heteroatoms. The van der Waals surface area contributed by atoms with E-state index in [0.717, 1.165) is 16.8 Å². The largest absolute Gasteiger partial charge is 0.481 e. The molecular formula is C15H18N2O2. The van der Waals surface area contributed by atoms with Crippen molar-refractivity contribution in [2.75, 3.05) is 12.4 Å². The van der Waals surface area contributed by atoms with Gasteiger partial charge in [0.1, 0.15) is 0 Å². The van der Waals surface area contributed by atoms with Gasteiger partial charge in [-0.25, -0.2) is 4.98 Å². The maximum Gasteiger partial charge on any atom is 0.212 e. The summed E-state index contributed by atoms with van der Waals surface area (Å²) < 4.78 is 5.02. The van der Waals surface area contributed by atoms with Gasteiger partial charge in [0.15, 0.2) is 0 Å². The average molecular weight is 258 g/mol. The molecule has 2 rings (SSSR count). The van der Waals surface area contributed by atoms with Crippen LogP contribution in [0.15, 0.2) is 42.6 Å². The summed E-state index contributed by atoms with van der Waals surface area (Å²) in [5, 5.41) is 13.0. The molecule has 1 aromatic carbocycles. The molecule has 0 bridgehead atoms. The lowest BCUT2D eigenvalue weighted by Gasteiger charge is -2.13. The second-order valence-corrected chi connectivity index (χ2v) is 4.33. The average Bonchev–Trinajstić information content (AvgIpc) is 2.46. The van der Waals surface area contributed by atoms with Crippen molar-refractivity contribution in [1.82, 2.24) is 4.98 Å². The summed E-state index contributed by atoms with van der Waals surface area (Å²) in [6.07, 6.45) is 1.29. The first kappa shape index (κ1) is 13.4. The quantitative estimate of drug-likeness (QED) is 0.866. The normalized spacial score (nSPS) is 11.9. The number of aliphatic hydroxyl groups excluding tert-OH is 1. The van der Waals surface area contributed by atoms with Crippen molar-refractivity contribution in [3.8, 4) is 5.88 Å². The Labute approximate surface area is 113 Å². The Bertz CT molecular complexity index is 524. The van der Waals surface area contributed by atoms with Gasteiger partial charge in [-0.1, -0.05) is 24.3 Å². The minimum absolute atomic E-state index is 0.488. The van der Waals surface area contributed by atoms with Crippen LogP contribution in [0, 0.1) is 0 Å². The van der Waals surface area contributed by atoms with Gasteiger partial charge in [0.25, 0.3) is 0 Å². The number of anilines is 1. The molecule has 0 aliphatic carbocycles. The molecule has 1 atom stereocenters. The Morgan fingerprint density at radius 2 is 2.05 bits per heavy atom. The molecule has 0 amide bonds. The Balaban J connectivity index is 2.05. The van der Waals surface area contributed by atoms with Crippen LogP contribution in [0.4, 0.5) is 5.69 Å². The molecule has 0 saturated heterocycles. The monoisotopic (exact) mass is 258 g/mol. The highest BCUT2D eigenvalue weighted by atomic mass is 16.5. The molecule has 4 nitrogen and oxygen atoms in total. The summed E-state index contributed by atoms with van der Waals surface area (Å²) in [7, 11) is 1.60. The number of para-hydroxylation sites is 1. The molecule has 2 aromatic rings.